The van der Waals surface area contributed by atoms with Gasteiger partial charge in [0.25, 0.3) is 0 Å². The molecule has 1 aliphatic heterocycles. The molecule has 18 heavy (non-hydrogen) atoms. The average Bonchev–Trinajstić information content (AvgIpc) is 2.85. The third-order valence-corrected chi connectivity index (χ3v) is 2.76. The predicted molar refractivity (Wildman–Crippen MR) is 69.6 cm³/mol. The summed E-state index contributed by atoms with van der Waals surface area (Å²) < 4.78 is 10.6. The molecule has 0 aliphatic carbocycles. The molecule has 1 N–H and O–H groups in total. The van der Waals surface area contributed by atoms with Crippen LogP contribution in [-0.4, -0.2) is 11.9 Å². The minimum atomic E-state index is 0.273. The van der Waals surface area contributed by atoms with Crippen molar-refractivity contribution >= 4 is 12.2 Å². The maximum absolute atomic E-state index is 9.19. The molecular formula is C15H12O3. The number of phenolic OH excluding ortho intramolecular Hbond substituents is 1. The van der Waals surface area contributed by atoms with E-state index < -0.39 is 0 Å². The van der Waals surface area contributed by atoms with Crippen LogP contribution in [0.2, 0.25) is 0 Å². The van der Waals surface area contributed by atoms with Gasteiger partial charge in [-0.05, 0) is 35.4 Å². The Hall–Kier alpha value is -2.42. The van der Waals surface area contributed by atoms with E-state index >= 15 is 0 Å². The zero-order valence-electron chi connectivity index (χ0n) is 9.67. The van der Waals surface area contributed by atoms with Crippen molar-refractivity contribution in [3.8, 4) is 17.2 Å². The van der Waals surface area contributed by atoms with Gasteiger partial charge in [0, 0.05) is 0 Å². The maximum Gasteiger partial charge on any atom is 0.231 e. The average molecular weight is 240 g/mol. The fourth-order valence-corrected chi connectivity index (χ4v) is 1.79. The largest absolute Gasteiger partial charge is 0.508 e. The van der Waals surface area contributed by atoms with Crippen LogP contribution in [0.15, 0.2) is 42.5 Å². The summed E-state index contributed by atoms with van der Waals surface area (Å²) in [5.41, 5.74) is 2.08. The van der Waals surface area contributed by atoms with Crippen molar-refractivity contribution in [3.05, 3.63) is 53.6 Å². The van der Waals surface area contributed by atoms with E-state index in [0.717, 1.165) is 22.6 Å². The summed E-state index contributed by atoms with van der Waals surface area (Å²) in [6.07, 6.45) is 3.98. The molecule has 0 saturated carbocycles. The minimum absolute atomic E-state index is 0.273. The second-order valence-corrected chi connectivity index (χ2v) is 4.04. The molecule has 0 amide bonds. The molecule has 0 radical (unpaired) electrons. The standard InChI is InChI=1S/C15H12O3/c16-13-6-3-11(4-7-13)1-2-12-5-8-14-15(9-12)18-10-17-14/h1-9,16H,10H2/b2-1-. The van der Waals surface area contributed by atoms with E-state index in [-0.39, 0.29) is 5.75 Å². The van der Waals surface area contributed by atoms with Crippen LogP contribution in [0.25, 0.3) is 12.2 Å². The number of aromatic hydroxyl groups is 1. The summed E-state index contributed by atoms with van der Waals surface area (Å²) in [7, 11) is 0. The highest BCUT2D eigenvalue weighted by molar-refractivity contribution is 5.71. The predicted octanol–water partition coefficient (Wildman–Crippen LogP) is 3.29. The molecule has 90 valence electrons. The van der Waals surface area contributed by atoms with Gasteiger partial charge in [0.15, 0.2) is 11.5 Å². The van der Waals surface area contributed by atoms with Crippen LogP contribution in [0.4, 0.5) is 0 Å². The van der Waals surface area contributed by atoms with E-state index in [9.17, 15) is 5.11 Å². The molecule has 1 heterocycles. The van der Waals surface area contributed by atoms with E-state index in [1.54, 1.807) is 12.1 Å². The molecule has 2 aromatic carbocycles. The van der Waals surface area contributed by atoms with Gasteiger partial charge in [-0.25, -0.2) is 0 Å². The third-order valence-electron chi connectivity index (χ3n) is 2.76. The fraction of sp³-hybridized carbons (Fsp3) is 0.0667. The van der Waals surface area contributed by atoms with Gasteiger partial charge in [-0.15, -0.1) is 0 Å². The zero-order valence-corrected chi connectivity index (χ0v) is 9.67. The van der Waals surface area contributed by atoms with Gasteiger partial charge in [-0.1, -0.05) is 30.4 Å². The van der Waals surface area contributed by atoms with Crippen LogP contribution in [0.3, 0.4) is 0 Å². The Morgan fingerprint density at radius 3 is 2.33 bits per heavy atom. The Labute approximate surface area is 105 Å². The Balaban J connectivity index is 1.82. The smallest absolute Gasteiger partial charge is 0.231 e. The molecule has 0 spiro atoms. The zero-order chi connectivity index (χ0) is 12.4. The number of phenols is 1. The van der Waals surface area contributed by atoms with Crippen molar-refractivity contribution in [2.75, 3.05) is 6.79 Å². The molecule has 0 fully saturated rings. The van der Waals surface area contributed by atoms with Crippen molar-refractivity contribution in [2.24, 2.45) is 0 Å². The number of hydrogen-bond acceptors (Lipinski definition) is 3. The lowest BCUT2D eigenvalue weighted by atomic mass is 10.1. The molecule has 3 rings (SSSR count). The molecule has 3 heteroatoms. The topological polar surface area (TPSA) is 38.7 Å². The summed E-state index contributed by atoms with van der Waals surface area (Å²) in [5, 5.41) is 9.19. The van der Waals surface area contributed by atoms with Crippen molar-refractivity contribution in [3.63, 3.8) is 0 Å². The van der Waals surface area contributed by atoms with Gasteiger partial charge >= 0.3 is 0 Å². The molecule has 0 atom stereocenters. The summed E-state index contributed by atoms with van der Waals surface area (Å²) in [4.78, 5) is 0. The highest BCUT2D eigenvalue weighted by atomic mass is 16.7. The Morgan fingerprint density at radius 1 is 0.833 bits per heavy atom. The summed E-state index contributed by atoms with van der Waals surface area (Å²) in [6.45, 7) is 0.292. The van der Waals surface area contributed by atoms with Crippen molar-refractivity contribution in [2.45, 2.75) is 0 Å². The Morgan fingerprint density at radius 2 is 1.50 bits per heavy atom. The Bertz CT molecular complexity index is 585. The van der Waals surface area contributed by atoms with Crippen LogP contribution in [-0.2, 0) is 0 Å². The fourth-order valence-electron chi connectivity index (χ4n) is 1.79. The summed E-state index contributed by atoms with van der Waals surface area (Å²) in [6, 6.07) is 12.9. The maximum atomic E-state index is 9.19. The van der Waals surface area contributed by atoms with Crippen LogP contribution in [0.5, 0.6) is 17.2 Å². The lowest BCUT2D eigenvalue weighted by Gasteiger charge is -1.98. The van der Waals surface area contributed by atoms with Gasteiger partial charge < -0.3 is 14.6 Å². The molecule has 0 aromatic heterocycles. The monoisotopic (exact) mass is 240 g/mol. The summed E-state index contributed by atoms with van der Waals surface area (Å²) >= 11 is 0. The SMILES string of the molecule is Oc1ccc(/C=C\c2ccc3c(c2)OCO3)cc1. The van der Waals surface area contributed by atoms with Crippen molar-refractivity contribution in [1.29, 1.82) is 0 Å². The normalized spacial score (nSPS) is 13.1. The van der Waals surface area contributed by atoms with Crippen LogP contribution in [0, 0.1) is 0 Å². The number of ether oxygens (including phenoxy) is 2. The molecule has 2 aromatic rings. The van der Waals surface area contributed by atoms with Gasteiger partial charge in [0.05, 0.1) is 0 Å². The van der Waals surface area contributed by atoms with Crippen LogP contribution >= 0.6 is 0 Å². The number of fused-ring (bicyclic) bond motifs is 1. The summed E-state index contributed by atoms with van der Waals surface area (Å²) in [5.74, 6) is 1.84. The molecule has 1 aliphatic rings. The third kappa shape index (κ3) is 2.15. The second-order valence-electron chi connectivity index (χ2n) is 4.04. The second kappa shape index (κ2) is 4.45. The van der Waals surface area contributed by atoms with Crippen LogP contribution < -0.4 is 9.47 Å². The van der Waals surface area contributed by atoms with E-state index in [1.165, 1.54) is 0 Å². The molecule has 0 bridgehead atoms. The number of benzene rings is 2. The first kappa shape index (κ1) is 10.7. The highest BCUT2D eigenvalue weighted by Crippen LogP contribution is 2.32. The van der Waals surface area contributed by atoms with E-state index in [4.69, 9.17) is 9.47 Å². The molecule has 0 saturated heterocycles. The quantitative estimate of drug-likeness (QED) is 0.818. The van der Waals surface area contributed by atoms with E-state index in [1.807, 2.05) is 42.5 Å². The highest BCUT2D eigenvalue weighted by Gasteiger charge is 2.11. The first-order valence-corrected chi connectivity index (χ1v) is 5.68. The molecular weight excluding hydrogens is 228 g/mol. The van der Waals surface area contributed by atoms with Gasteiger partial charge in [0.2, 0.25) is 6.79 Å². The van der Waals surface area contributed by atoms with Gasteiger partial charge in [-0.2, -0.15) is 0 Å². The number of hydrogen-bond donors (Lipinski definition) is 1. The first-order chi connectivity index (χ1) is 8.81. The van der Waals surface area contributed by atoms with E-state index in [2.05, 4.69) is 0 Å². The Kier molecular flexibility index (Phi) is 2.65. The van der Waals surface area contributed by atoms with Gasteiger partial charge in [-0.3, -0.25) is 0 Å². The van der Waals surface area contributed by atoms with Gasteiger partial charge in [0.1, 0.15) is 5.75 Å². The minimum Gasteiger partial charge on any atom is -0.508 e. The number of rotatable bonds is 2. The lowest BCUT2D eigenvalue weighted by Crippen LogP contribution is -1.92. The van der Waals surface area contributed by atoms with E-state index in [0.29, 0.717) is 6.79 Å². The molecule has 3 nitrogen and oxygen atoms in total. The van der Waals surface area contributed by atoms with Crippen molar-refractivity contribution in [1.82, 2.24) is 0 Å². The lowest BCUT2D eigenvalue weighted by molar-refractivity contribution is 0.174. The first-order valence-electron chi connectivity index (χ1n) is 5.68. The van der Waals surface area contributed by atoms with Crippen LogP contribution in [0.1, 0.15) is 11.1 Å². The molecule has 0 unspecified atom stereocenters. The van der Waals surface area contributed by atoms with Crippen molar-refractivity contribution < 1.29 is 14.6 Å².